The van der Waals surface area contributed by atoms with Crippen molar-refractivity contribution < 1.29 is 28.6 Å². The van der Waals surface area contributed by atoms with E-state index in [1.54, 1.807) is 62.3 Å². The van der Waals surface area contributed by atoms with Crippen molar-refractivity contribution in [1.29, 1.82) is 0 Å². The zero-order chi connectivity index (χ0) is 25.7. The maximum absolute atomic E-state index is 13.6. The molecule has 0 spiro atoms. The Labute approximate surface area is 204 Å². The van der Waals surface area contributed by atoms with Crippen molar-refractivity contribution in [2.24, 2.45) is 17.8 Å². The number of amides is 1. The highest BCUT2D eigenvalue weighted by Gasteiger charge is 2.77. The quantitative estimate of drug-likeness (QED) is 0.464. The Morgan fingerprint density at radius 3 is 2.09 bits per heavy atom. The summed E-state index contributed by atoms with van der Waals surface area (Å²) >= 11 is 1.39. The molecule has 2 fully saturated rings. The van der Waals surface area contributed by atoms with E-state index in [2.05, 4.69) is 20.5 Å². The Kier molecular flexibility index (Phi) is 6.75. The van der Waals surface area contributed by atoms with Gasteiger partial charge in [-0.2, -0.15) is 5.10 Å². The molecule has 1 amide bonds. The summed E-state index contributed by atoms with van der Waals surface area (Å²) in [4.78, 5) is 43.8. The number of aromatic amines is 1. The average molecular weight is 497 g/mol. The molecule has 1 heterocycles. The van der Waals surface area contributed by atoms with Gasteiger partial charge in [0.2, 0.25) is 0 Å². The largest absolute Gasteiger partial charge is 0.460 e. The molecule has 5 atom stereocenters. The van der Waals surface area contributed by atoms with Crippen LogP contribution in [-0.2, 0) is 23.8 Å². The Bertz CT molecular complexity index is 931. The van der Waals surface area contributed by atoms with Crippen molar-refractivity contribution in [1.82, 2.24) is 20.5 Å². The summed E-state index contributed by atoms with van der Waals surface area (Å²) in [7, 11) is 0. The van der Waals surface area contributed by atoms with Crippen LogP contribution >= 0.6 is 11.8 Å². The minimum atomic E-state index is -1.44. The highest BCUT2D eigenvalue weighted by molar-refractivity contribution is 7.99. The van der Waals surface area contributed by atoms with Gasteiger partial charge in [0.25, 0.3) is 0 Å². The van der Waals surface area contributed by atoms with E-state index in [1.807, 2.05) is 0 Å². The highest BCUT2D eigenvalue weighted by atomic mass is 32.2. The van der Waals surface area contributed by atoms with Gasteiger partial charge < -0.3 is 19.5 Å². The standard InChI is InChI=1S/C23H36N4O6S/c1-20(2,3)31-16(28)14-13-12(34-18-24-11-25-27-18)10-23(15(13)14,17(29)32-21(4,5)6)26-19(30)33-22(7,8)9/h11-15H,10H2,1-9H3,(H,26,30)(H,24,25,27). The third kappa shape index (κ3) is 6.03. The maximum Gasteiger partial charge on any atom is 0.408 e. The van der Waals surface area contributed by atoms with E-state index in [-0.39, 0.29) is 17.6 Å². The van der Waals surface area contributed by atoms with Crippen molar-refractivity contribution in [3.8, 4) is 0 Å². The Morgan fingerprint density at radius 1 is 1.00 bits per heavy atom. The molecular weight excluding hydrogens is 460 g/mol. The van der Waals surface area contributed by atoms with Gasteiger partial charge in [-0.1, -0.05) is 11.8 Å². The SMILES string of the molecule is CC(C)(C)OC(=O)NC1(C(=O)OC(C)(C)C)CC(Sc2ncn[nH]2)C2C(C(=O)OC(C)(C)C)C21. The van der Waals surface area contributed by atoms with Gasteiger partial charge in [-0.05, 0) is 74.7 Å². The molecule has 2 saturated carbocycles. The third-order valence-electron chi connectivity index (χ3n) is 5.42. The van der Waals surface area contributed by atoms with Crippen molar-refractivity contribution >= 4 is 29.8 Å². The van der Waals surface area contributed by atoms with Crippen molar-refractivity contribution in [2.45, 2.75) is 101 Å². The van der Waals surface area contributed by atoms with E-state index in [9.17, 15) is 14.4 Å². The van der Waals surface area contributed by atoms with Crippen LogP contribution in [0.1, 0.15) is 68.7 Å². The van der Waals surface area contributed by atoms with Crippen LogP contribution in [0.2, 0.25) is 0 Å². The second-order valence-electron chi connectivity index (χ2n) is 11.9. The fourth-order valence-electron chi connectivity index (χ4n) is 4.47. The van der Waals surface area contributed by atoms with E-state index >= 15 is 0 Å². The number of carbonyl (C=O) groups is 3. The molecule has 2 aliphatic rings. The number of fused-ring (bicyclic) bond motifs is 1. The predicted molar refractivity (Wildman–Crippen MR) is 125 cm³/mol. The van der Waals surface area contributed by atoms with Gasteiger partial charge in [0.1, 0.15) is 28.7 Å². The normalized spacial score (nSPS) is 28.6. The van der Waals surface area contributed by atoms with E-state index in [4.69, 9.17) is 14.2 Å². The van der Waals surface area contributed by atoms with E-state index in [1.165, 1.54) is 18.1 Å². The molecule has 0 aliphatic heterocycles. The number of rotatable bonds is 5. The summed E-state index contributed by atoms with van der Waals surface area (Å²) in [5, 5.41) is 9.87. The van der Waals surface area contributed by atoms with Gasteiger partial charge >= 0.3 is 18.0 Å². The average Bonchev–Trinajstić information content (AvgIpc) is 3.00. The number of ether oxygens (including phenoxy) is 3. The zero-order valence-corrected chi connectivity index (χ0v) is 22.2. The Balaban J connectivity index is 1.98. The van der Waals surface area contributed by atoms with Crippen molar-refractivity contribution in [3.05, 3.63) is 6.33 Å². The molecule has 5 unspecified atom stereocenters. The van der Waals surface area contributed by atoms with Crippen LogP contribution in [0.15, 0.2) is 11.5 Å². The lowest BCUT2D eigenvalue weighted by Gasteiger charge is -2.35. The second kappa shape index (κ2) is 8.73. The van der Waals surface area contributed by atoms with Gasteiger partial charge in [-0.15, -0.1) is 0 Å². The van der Waals surface area contributed by atoms with Crippen LogP contribution < -0.4 is 5.32 Å². The number of alkyl carbamates (subject to hydrolysis) is 1. The van der Waals surface area contributed by atoms with Crippen LogP contribution in [0, 0.1) is 17.8 Å². The molecule has 0 saturated heterocycles. The molecule has 34 heavy (non-hydrogen) atoms. The molecule has 1 aromatic rings. The van der Waals surface area contributed by atoms with E-state index in [0.29, 0.717) is 5.16 Å². The molecule has 2 N–H and O–H groups in total. The van der Waals surface area contributed by atoms with Crippen LogP contribution in [0.5, 0.6) is 0 Å². The Hall–Kier alpha value is -2.30. The summed E-state index contributed by atoms with van der Waals surface area (Å²) in [6, 6.07) is 0. The summed E-state index contributed by atoms with van der Waals surface area (Å²) in [5.41, 5.74) is -3.69. The molecule has 11 heteroatoms. The number of carbonyl (C=O) groups excluding carboxylic acids is 3. The number of thioether (sulfide) groups is 1. The van der Waals surface area contributed by atoms with Crippen LogP contribution in [0.4, 0.5) is 4.79 Å². The van der Waals surface area contributed by atoms with Gasteiger partial charge in [0.05, 0.1) is 5.92 Å². The number of hydrogen-bond acceptors (Lipinski definition) is 9. The number of nitrogens with one attached hydrogen (secondary N) is 2. The van der Waals surface area contributed by atoms with Crippen LogP contribution in [0.3, 0.4) is 0 Å². The van der Waals surface area contributed by atoms with Crippen molar-refractivity contribution in [2.75, 3.05) is 0 Å². The lowest BCUT2D eigenvalue weighted by molar-refractivity contribution is -0.165. The zero-order valence-electron chi connectivity index (χ0n) is 21.3. The molecule has 190 valence electrons. The van der Waals surface area contributed by atoms with Gasteiger partial charge in [-0.3, -0.25) is 9.89 Å². The molecule has 3 rings (SSSR count). The van der Waals surface area contributed by atoms with E-state index in [0.717, 1.165) is 0 Å². The predicted octanol–water partition coefficient (Wildman–Crippen LogP) is 3.48. The fourth-order valence-corrected chi connectivity index (χ4v) is 5.81. The second-order valence-corrected chi connectivity index (χ2v) is 13.1. The number of aromatic nitrogens is 3. The summed E-state index contributed by atoms with van der Waals surface area (Å²) in [6.45, 7) is 15.9. The molecule has 0 aromatic carbocycles. The highest BCUT2D eigenvalue weighted by Crippen LogP contribution is 2.66. The van der Waals surface area contributed by atoms with Crippen LogP contribution in [-0.4, -0.2) is 60.8 Å². The van der Waals surface area contributed by atoms with Gasteiger partial charge in [0.15, 0.2) is 5.16 Å². The minimum absolute atomic E-state index is 0.210. The molecular formula is C23H36N4O6S. The number of hydrogen-bond donors (Lipinski definition) is 2. The number of nitrogens with zero attached hydrogens (tertiary/aromatic N) is 2. The lowest BCUT2D eigenvalue weighted by Crippen LogP contribution is -2.59. The summed E-state index contributed by atoms with van der Waals surface area (Å²) in [6.07, 6.45) is 0.908. The summed E-state index contributed by atoms with van der Waals surface area (Å²) < 4.78 is 16.9. The number of esters is 2. The molecule has 1 aromatic heterocycles. The molecule has 0 bridgehead atoms. The monoisotopic (exact) mass is 496 g/mol. The van der Waals surface area contributed by atoms with Gasteiger partial charge in [0, 0.05) is 11.2 Å². The van der Waals surface area contributed by atoms with E-state index < -0.39 is 52.2 Å². The lowest BCUT2D eigenvalue weighted by atomic mass is 9.89. The smallest absolute Gasteiger partial charge is 0.408 e. The fraction of sp³-hybridized carbons (Fsp3) is 0.783. The summed E-state index contributed by atoms with van der Waals surface area (Å²) in [5.74, 6) is -2.27. The number of H-pyrrole nitrogens is 1. The molecule has 2 aliphatic carbocycles. The minimum Gasteiger partial charge on any atom is -0.460 e. The van der Waals surface area contributed by atoms with Crippen molar-refractivity contribution in [3.63, 3.8) is 0 Å². The molecule has 0 radical (unpaired) electrons. The Morgan fingerprint density at radius 2 is 1.59 bits per heavy atom. The van der Waals surface area contributed by atoms with Gasteiger partial charge in [-0.25, -0.2) is 14.6 Å². The third-order valence-corrected chi connectivity index (χ3v) is 6.62. The topological polar surface area (TPSA) is 132 Å². The maximum atomic E-state index is 13.6. The first-order chi connectivity index (χ1) is 15.4. The molecule has 10 nitrogen and oxygen atoms in total. The first kappa shape index (κ1) is 26.3. The first-order valence-corrected chi connectivity index (χ1v) is 12.3. The van der Waals surface area contributed by atoms with Crippen LogP contribution in [0.25, 0.3) is 0 Å². The first-order valence-electron chi connectivity index (χ1n) is 11.4.